The van der Waals surface area contributed by atoms with Crippen LogP contribution in [0.25, 0.3) is 0 Å². The number of hydrogen-bond donors (Lipinski definition) is 1. The zero-order chi connectivity index (χ0) is 16.6. The molecular weight excluding hydrogens is 316 g/mol. The van der Waals surface area contributed by atoms with E-state index in [0.29, 0.717) is 31.2 Å². The van der Waals surface area contributed by atoms with E-state index in [-0.39, 0.29) is 18.3 Å². The van der Waals surface area contributed by atoms with Gasteiger partial charge in [-0.15, -0.1) is 12.4 Å². The number of hydrogen-bond acceptors (Lipinski definition) is 4. The van der Waals surface area contributed by atoms with Gasteiger partial charge in [0.2, 0.25) is 5.91 Å². The van der Waals surface area contributed by atoms with Crippen LogP contribution in [-0.4, -0.2) is 44.7 Å². The van der Waals surface area contributed by atoms with Crippen LogP contribution in [0, 0.1) is 5.41 Å². The van der Waals surface area contributed by atoms with E-state index in [0.717, 1.165) is 12.8 Å². The Morgan fingerprint density at radius 3 is 2.26 bits per heavy atom. The molecule has 0 spiro atoms. The van der Waals surface area contributed by atoms with Gasteiger partial charge < -0.3 is 20.1 Å². The lowest BCUT2D eigenvalue weighted by Crippen LogP contribution is -2.47. The smallest absolute Gasteiger partial charge is 0.229 e. The van der Waals surface area contributed by atoms with Gasteiger partial charge in [0.25, 0.3) is 0 Å². The van der Waals surface area contributed by atoms with Crippen molar-refractivity contribution < 1.29 is 14.3 Å². The maximum absolute atomic E-state index is 12.6. The summed E-state index contributed by atoms with van der Waals surface area (Å²) in [5, 5.41) is 0. The van der Waals surface area contributed by atoms with Crippen molar-refractivity contribution in [3.8, 4) is 11.5 Å². The van der Waals surface area contributed by atoms with Crippen LogP contribution in [0.2, 0.25) is 0 Å². The summed E-state index contributed by atoms with van der Waals surface area (Å²) in [5.74, 6) is 1.46. The lowest BCUT2D eigenvalue weighted by Gasteiger charge is -2.33. The third kappa shape index (κ3) is 5.29. The molecular formula is C17H29ClN2O3. The number of likely N-dealkylation sites (N-methyl/N-ethyl adjacent to an activating group) is 1. The van der Waals surface area contributed by atoms with Crippen LogP contribution in [-0.2, 0) is 4.79 Å². The average molecular weight is 345 g/mol. The minimum Gasteiger partial charge on any atom is -0.493 e. The number of halogens is 1. The Labute approximate surface area is 145 Å². The molecule has 1 aromatic rings. The molecule has 0 bridgehead atoms. The number of amides is 1. The zero-order valence-corrected chi connectivity index (χ0v) is 15.3. The molecule has 0 unspecified atom stereocenters. The van der Waals surface area contributed by atoms with E-state index in [1.54, 1.807) is 19.1 Å². The molecule has 1 amide bonds. The lowest BCUT2D eigenvalue weighted by atomic mass is 9.81. The molecule has 0 radical (unpaired) electrons. The highest BCUT2D eigenvalue weighted by Crippen LogP contribution is 2.28. The molecule has 0 fully saturated rings. The normalized spacial score (nSPS) is 10.7. The summed E-state index contributed by atoms with van der Waals surface area (Å²) in [6, 6.07) is 7.47. The molecule has 5 nitrogen and oxygen atoms in total. The van der Waals surface area contributed by atoms with Gasteiger partial charge in [-0.3, -0.25) is 4.79 Å². The fraction of sp³-hybridized carbons (Fsp3) is 0.588. The predicted molar refractivity (Wildman–Crippen MR) is 95.4 cm³/mol. The molecule has 0 aliphatic carbocycles. The number of carbonyl (C=O) groups is 1. The minimum atomic E-state index is -0.459. The molecule has 0 aromatic heterocycles. The van der Waals surface area contributed by atoms with Gasteiger partial charge in [0.15, 0.2) is 11.5 Å². The summed E-state index contributed by atoms with van der Waals surface area (Å²) in [7, 11) is 3.40. The Kier molecular flexibility index (Phi) is 9.68. The molecule has 0 saturated heterocycles. The van der Waals surface area contributed by atoms with Crippen LogP contribution in [0.15, 0.2) is 24.3 Å². The van der Waals surface area contributed by atoms with Crippen LogP contribution < -0.4 is 15.2 Å². The van der Waals surface area contributed by atoms with Crippen LogP contribution >= 0.6 is 12.4 Å². The first-order valence-electron chi connectivity index (χ1n) is 7.76. The van der Waals surface area contributed by atoms with E-state index in [1.807, 2.05) is 38.1 Å². The minimum absolute atomic E-state index is 0. The molecule has 0 saturated carbocycles. The first-order valence-corrected chi connectivity index (χ1v) is 7.76. The average Bonchev–Trinajstić information content (AvgIpc) is 2.57. The van der Waals surface area contributed by atoms with Crippen LogP contribution in [0.4, 0.5) is 0 Å². The number of benzene rings is 1. The first kappa shape index (κ1) is 21.5. The topological polar surface area (TPSA) is 64.8 Å². The summed E-state index contributed by atoms with van der Waals surface area (Å²) < 4.78 is 10.9. The fourth-order valence-electron chi connectivity index (χ4n) is 2.47. The maximum atomic E-state index is 12.6. The number of para-hydroxylation sites is 2. The summed E-state index contributed by atoms with van der Waals surface area (Å²) in [4.78, 5) is 14.3. The summed E-state index contributed by atoms with van der Waals surface area (Å²) in [6.45, 7) is 5.31. The van der Waals surface area contributed by atoms with Crippen molar-refractivity contribution in [2.24, 2.45) is 11.1 Å². The van der Waals surface area contributed by atoms with E-state index in [9.17, 15) is 4.79 Å². The number of carbonyl (C=O) groups excluding carboxylic acids is 1. The van der Waals surface area contributed by atoms with Crippen molar-refractivity contribution >= 4 is 18.3 Å². The summed E-state index contributed by atoms with van der Waals surface area (Å²) in [5.41, 5.74) is 5.37. The molecule has 2 N–H and O–H groups in total. The number of ether oxygens (including phenoxy) is 2. The third-order valence-electron chi connectivity index (χ3n) is 4.30. The molecule has 132 valence electrons. The SMILES string of the molecule is CCC(CC)(CN)C(=O)N(C)CCOc1ccccc1OC.Cl. The summed E-state index contributed by atoms with van der Waals surface area (Å²) >= 11 is 0. The Bertz CT molecular complexity index is 470. The lowest BCUT2D eigenvalue weighted by molar-refractivity contribution is -0.141. The second-order valence-corrected chi connectivity index (χ2v) is 5.42. The van der Waals surface area contributed by atoms with Crippen molar-refractivity contribution in [3.63, 3.8) is 0 Å². The van der Waals surface area contributed by atoms with Gasteiger partial charge in [-0.1, -0.05) is 26.0 Å². The summed E-state index contributed by atoms with van der Waals surface area (Å²) in [6.07, 6.45) is 1.49. The molecule has 23 heavy (non-hydrogen) atoms. The van der Waals surface area contributed by atoms with E-state index in [4.69, 9.17) is 15.2 Å². The van der Waals surface area contributed by atoms with Crippen molar-refractivity contribution in [1.29, 1.82) is 0 Å². The second kappa shape index (κ2) is 10.3. The molecule has 6 heteroatoms. The van der Waals surface area contributed by atoms with Gasteiger partial charge in [0.1, 0.15) is 6.61 Å². The molecule has 1 aromatic carbocycles. The zero-order valence-electron chi connectivity index (χ0n) is 14.5. The molecule has 0 atom stereocenters. The Balaban J connectivity index is 0.00000484. The first-order chi connectivity index (χ1) is 10.5. The third-order valence-corrected chi connectivity index (χ3v) is 4.30. The molecule has 0 aliphatic rings. The van der Waals surface area contributed by atoms with Crippen molar-refractivity contribution in [1.82, 2.24) is 4.90 Å². The molecule has 0 aliphatic heterocycles. The largest absolute Gasteiger partial charge is 0.493 e. The van der Waals surface area contributed by atoms with Crippen LogP contribution in [0.5, 0.6) is 11.5 Å². The highest BCUT2D eigenvalue weighted by atomic mass is 35.5. The van der Waals surface area contributed by atoms with Crippen LogP contribution in [0.1, 0.15) is 26.7 Å². The number of rotatable bonds is 9. The van der Waals surface area contributed by atoms with E-state index in [1.165, 1.54) is 0 Å². The van der Waals surface area contributed by atoms with E-state index >= 15 is 0 Å². The number of methoxy groups -OCH3 is 1. The number of nitrogens with two attached hydrogens (primary N) is 1. The van der Waals surface area contributed by atoms with Gasteiger partial charge in [-0.05, 0) is 25.0 Å². The van der Waals surface area contributed by atoms with Gasteiger partial charge in [0, 0.05) is 13.6 Å². The molecule has 0 heterocycles. The Morgan fingerprint density at radius 1 is 1.22 bits per heavy atom. The van der Waals surface area contributed by atoms with Gasteiger partial charge in [-0.25, -0.2) is 0 Å². The second-order valence-electron chi connectivity index (χ2n) is 5.42. The van der Waals surface area contributed by atoms with E-state index in [2.05, 4.69) is 0 Å². The Hall–Kier alpha value is -1.46. The quantitative estimate of drug-likeness (QED) is 0.748. The van der Waals surface area contributed by atoms with Crippen molar-refractivity contribution in [2.75, 3.05) is 33.9 Å². The Morgan fingerprint density at radius 2 is 1.78 bits per heavy atom. The van der Waals surface area contributed by atoms with Gasteiger partial charge in [0.05, 0.1) is 19.1 Å². The monoisotopic (exact) mass is 344 g/mol. The molecule has 1 rings (SSSR count). The van der Waals surface area contributed by atoms with E-state index < -0.39 is 5.41 Å². The van der Waals surface area contributed by atoms with Crippen LogP contribution in [0.3, 0.4) is 0 Å². The highest BCUT2D eigenvalue weighted by Gasteiger charge is 2.35. The standard InChI is InChI=1S/C17H28N2O3.ClH/c1-5-17(6-2,13-18)16(20)19(3)11-12-22-15-10-8-7-9-14(15)21-4;/h7-10H,5-6,11-13,18H2,1-4H3;1H. The van der Waals surface area contributed by atoms with Crippen molar-refractivity contribution in [2.45, 2.75) is 26.7 Å². The van der Waals surface area contributed by atoms with Gasteiger partial charge in [-0.2, -0.15) is 0 Å². The maximum Gasteiger partial charge on any atom is 0.229 e. The highest BCUT2D eigenvalue weighted by molar-refractivity contribution is 5.85. The predicted octanol–water partition coefficient (Wildman–Crippen LogP) is 2.72. The number of nitrogens with zero attached hydrogens (tertiary/aromatic N) is 1. The van der Waals surface area contributed by atoms with Gasteiger partial charge >= 0.3 is 0 Å². The van der Waals surface area contributed by atoms with Crippen molar-refractivity contribution in [3.05, 3.63) is 24.3 Å². The fourth-order valence-corrected chi connectivity index (χ4v) is 2.47.